The van der Waals surface area contributed by atoms with Crippen molar-refractivity contribution in [2.24, 2.45) is 0 Å². The van der Waals surface area contributed by atoms with E-state index in [1.54, 1.807) is 35.9 Å². The minimum absolute atomic E-state index is 0. The molecular formula is C23H25ClFN7S. The number of halogens is 2. The summed E-state index contributed by atoms with van der Waals surface area (Å²) < 4.78 is 15.3. The molecule has 0 bridgehead atoms. The van der Waals surface area contributed by atoms with Crippen LogP contribution in [0.2, 0.25) is 0 Å². The minimum Gasteiger partial charge on any atom is -0.352 e. The van der Waals surface area contributed by atoms with Gasteiger partial charge in [-0.05, 0) is 31.2 Å². The van der Waals surface area contributed by atoms with Gasteiger partial charge in [0.1, 0.15) is 11.5 Å². The molecule has 33 heavy (non-hydrogen) atoms. The summed E-state index contributed by atoms with van der Waals surface area (Å²) in [6, 6.07) is 6.43. The molecule has 1 saturated heterocycles. The highest BCUT2D eigenvalue weighted by atomic mass is 35.5. The summed E-state index contributed by atoms with van der Waals surface area (Å²) in [5.41, 5.74) is 3.92. The molecule has 3 aromatic heterocycles. The molecule has 7 nitrogen and oxygen atoms in total. The van der Waals surface area contributed by atoms with Gasteiger partial charge in [-0.3, -0.25) is 14.6 Å². The minimum atomic E-state index is -0.252. The number of hydrogen-bond donors (Lipinski definition) is 0. The van der Waals surface area contributed by atoms with Gasteiger partial charge in [0.2, 0.25) is 0 Å². The van der Waals surface area contributed by atoms with Gasteiger partial charge in [-0.25, -0.2) is 14.4 Å². The lowest BCUT2D eigenvalue weighted by Crippen LogP contribution is -2.46. The zero-order chi connectivity index (χ0) is 21.9. The third-order valence-electron chi connectivity index (χ3n) is 5.55. The third kappa shape index (κ3) is 5.55. The van der Waals surface area contributed by atoms with Crippen LogP contribution >= 0.6 is 23.7 Å². The van der Waals surface area contributed by atoms with E-state index in [1.807, 2.05) is 17.8 Å². The number of nitrogens with zero attached hydrogens (tertiary/aromatic N) is 7. The summed E-state index contributed by atoms with van der Waals surface area (Å²) >= 11 is 1.67. The van der Waals surface area contributed by atoms with Crippen LogP contribution < -0.4 is 4.90 Å². The summed E-state index contributed by atoms with van der Waals surface area (Å²) in [6.07, 6.45) is 7.45. The number of thiazole rings is 1. The highest BCUT2D eigenvalue weighted by molar-refractivity contribution is 7.09. The van der Waals surface area contributed by atoms with Crippen LogP contribution in [-0.2, 0) is 13.1 Å². The molecule has 1 aliphatic rings. The third-order valence-corrected chi connectivity index (χ3v) is 6.37. The Hall–Kier alpha value is -2.88. The lowest BCUT2D eigenvalue weighted by atomic mass is 10.1. The fourth-order valence-electron chi connectivity index (χ4n) is 3.97. The Morgan fingerprint density at radius 2 is 1.76 bits per heavy atom. The fraction of sp³-hybridized carbons (Fsp3) is 0.304. The molecule has 1 aromatic carbocycles. The average molecular weight is 486 g/mol. The molecule has 1 aliphatic heterocycles. The summed E-state index contributed by atoms with van der Waals surface area (Å²) in [6.45, 7) is 7.17. The van der Waals surface area contributed by atoms with Crippen molar-refractivity contribution in [2.45, 2.75) is 20.0 Å². The van der Waals surface area contributed by atoms with Crippen LogP contribution in [0.25, 0.3) is 11.3 Å². The van der Waals surface area contributed by atoms with Gasteiger partial charge in [0.05, 0.1) is 23.4 Å². The van der Waals surface area contributed by atoms with Crippen molar-refractivity contribution in [3.05, 3.63) is 76.5 Å². The topological polar surface area (TPSA) is 63.0 Å². The normalized spacial score (nSPS) is 14.3. The van der Waals surface area contributed by atoms with Crippen LogP contribution in [0.4, 0.5) is 10.2 Å². The van der Waals surface area contributed by atoms with Gasteiger partial charge in [-0.1, -0.05) is 0 Å². The molecule has 0 spiro atoms. The number of hydrogen-bond acceptors (Lipinski definition) is 7. The van der Waals surface area contributed by atoms with Crippen molar-refractivity contribution in [2.75, 3.05) is 31.1 Å². The molecule has 0 aliphatic carbocycles. The highest BCUT2D eigenvalue weighted by Gasteiger charge is 2.22. The van der Waals surface area contributed by atoms with Crippen LogP contribution in [0, 0.1) is 12.7 Å². The number of rotatable bonds is 6. The predicted molar refractivity (Wildman–Crippen MR) is 130 cm³/mol. The molecule has 5 rings (SSSR count). The SMILES string of the molecule is Cc1nc(Cn2cc(CN3CCN(c4nccnc4-c4ccc(F)cc4)CC3)cn2)cs1.Cl. The number of benzene rings is 1. The molecule has 4 heterocycles. The first-order valence-corrected chi connectivity index (χ1v) is 11.5. The Labute approximate surface area is 202 Å². The van der Waals surface area contributed by atoms with Crippen molar-refractivity contribution in [3.8, 4) is 11.3 Å². The van der Waals surface area contributed by atoms with Crippen molar-refractivity contribution < 1.29 is 4.39 Å². The molecule has 0 amide bonds. The number of anilines is 1. The summed E-state index contributed by atoms with van der Waals surface area (Å²) in [5, 5.41) is 7.66. The molecule has 0 radical (unpaired) electrons. The Bertz CT molecular complexity index is 1190. The van der Waals surface area contributed by atoms with E-state index in [0.29, 0.717) is 6.54 Å². The Morgan fingerprint density at radius 1 is 1.00 bits per heavy atom. The maximum Gasteiger partial charge on any atom is 0.155 e. The fourth-order valence-corrected chi connectivity index (χ4v) is 4.57. The van der Waals surface area contributed by atoms with E-state index < -0.39 is 0 Å². The van der Waals surface area contributed by atoms with E-state index in [0.717, 1.165) is 60.5 Å². The van der Waals surface area contributed by atoms with Gasteiger partial charge >= 0.3 is 0 Å². The number of aromatic nitrogens is 5. The quantitative estimate of drug-likeness (QED) is 0.411. The van der Waals surface area contributed by atoms with Crippen LogP contribution in [0.3, 0.4) is 0 Å². The van der Waals surface area contributed by atoms with E-state index in [2.05, 4.69) is 41.4 Å². The van der Waals surface area contributed by atoms with Crippen LogP contribution in [0.5, 0.6) is 0 Å². The van der Waals surface area contributed by atoms with Crippen LogP contribution in [0.1, 0.15) is 16.3 Å². The largest absolute Gasteiger partial charge is 0.352 e. The van der Waals surface area contributed by atoms with Gasteiger partial charge in [0.15, 0.2) is 5.82 Å². The van der Waals surface area contributed by atoms with Crippen LogP contribution in [-0.4, -0.2) is 55.8 Å². The first-order valence-electron chi connectivity index (χ1n) is 10.6. The van der Waals surface area contributed by atoms with Gasteiger partial charge in [-0.2, -0.15) is 5.10 Å². The maximum atomic E-state index is 13.3. The van der Waals surface area contributed by atoms with E-state index >= 15 is 0 Å². The second kappa shape index (κ2) is 10.4. The molecule has 0 unspecified atom stereocenters. The average Bonchev–Trinajstić information content (AvgIpc) is 3.43. The van der Waals surface area contributed by atoms with Gasteiger partial charge in [-0.15, -0.1) is 23.7 Å². The first-order chi connectivity index (χ1) is 15.6. The van der Waals surface area contributed by atoms with Crippen molar-refractivity contribution in [1.82, 2.24) is 29.6 Å². The Kier molecular flexibility index (Phi) is 7.32. The van der Waals surface area contributed by atoms with Crippen molar-refractivity contribution in [3.63, 3.8) is 0 Å². The zero-order valence-electron chi connectivity index (χ0n) is 18.3. The molecule has 10 heteroatoms. The van der Waals surface area contributed by atoms with Crippen LogP contribution in [0.15, 0.2) is 54.4 Å². The lowest BCUT2D eigenvalue weighted by Gasteiger charge is -2.35. The summed E-state index contributed by atoms with van der Waals surface area (Å²) in [5.74, 6) is 0.600. The lowest BCUT2D eigenvalue weighted by molar-refractivity contribution is 0.249. The molecule has 172 valence electrons. The van der Waals surface area contributed by atoms with Gasteiger partial charge < -0.3 is 4.90 Å². The van der Waals surface area contributed by atoms with Gasteiger partial charge in [0.25, 0.3) is 0 Å². The standard InChI is InChI=1S/C23H24FN7S.ClH/c1-17-28-21(16-32-17)15-31-14-18(12-27-31)13-29-8-10-30(11-9-29)23-22(25-6-7-26-23)19-2-4-20(24)5-3-19;/h2-7,12,14,16H,8-11,13,15H2,1H3;1H. The second-order valence-electron chi connectivity index (χ2n) is 7.90. The molecule has 0 N–H and O–H groups in total. The van der Waals surface area contributed by atoms with Crippen molar-refractivity contribution >= 4 is 29.6 Å². The predicted octanol–water partition coefficient (Wildman–Crippen LogP) is 4.04. The number of piperazine rings is 1. The Morgan fingerprint density at radius 3 is 2.48 bits per heavy atom. The summed E-state index contributed by atoms with van der Waals surface area (Å²) in [7, 11) is 0. The van der Waals surface area contributed by atoms with E-state index in [4.69, 9.17) is 0 Å². The molecule has 0 saturated carbocycles. The second-order valence-corrected chi connectivity index (χ2v) is 8.96. The zero-order valence-corrected chi connectivity index (χ0v) is 19.9. The van der Waals surface area contributed by atoms with E-state index in [-0.39, 0.29) is 18.2 Å². The summed E-state index contributed by atoms with van der Waals surface area (Å²) in [4.78, 5) is 18.3. The maximum absolute atomic E-state index is 13.3. The molecule has 4 aromatic rings. The number of aryl methyl sites for hydroxylation is 1. The molecular weight excluding hydrogens is 461 g/mol. The highest BCUT2D eigenvalue weighted by Crippen LogP contribution is 2.27. The first kappa shape index (κ1) is 23.3. The Balaban J connectivity index is 0.00000259. The van der Waals surface area contributed by atoms with Gasteiger partial charge in [0, 0.05) is 67.8 Å². The van der Waals surface area contributed by atoms with E-state index in [9.17, 15) is 4.39 Å². The van der Waals surface area contributed by atoms with Crippen molar-refractivity contribution in [1.29, 1.82) is 0 Å². The molecule has 1 fully saturated rings. The smallest absolute Gasteiger partial charge is 0.155 e. The molecule has 0 atom stereocenters. The van der Waals surface area contributed by atoms with E-state index in [1.165, 1.54) is 17.7 Å². The monoisotopic (exact) mass is 485 g/mol.